The molecular formula is C73H138O6. The first-order valence-corrected chi connectivity index (χ1v) is 35.8. The number of allylic oxidation sites excluding steroid dienone is 4. The van der Waals surface area contributed by atoms with Gasteiger partial charge in [-0.3, -0.25) is 14.4 Å². The topological polar surface area (TPSA) is 78.9 Å². The third-order valence-corrected chi connectivity index (χ3v) is 16.4. The average molecular weight is 1110 g/mol. The molecule has 6 heteroatoms. The van der Waals surface area contributed by atoms with Gasteiger partial charge in [-0.15, -0.1) is 0 Å². The van der Waals surface area contributed by atoms with Crippen LogP contribution in [0.25, 0.3) is 0 Å². The number of ether oxygens (including phenoxy) is 3. The largest absolute Gasteiger partial charge is 0.462 e. The maximum absolute atomic E-state index is 12.9. The lowest BCUT2D eigenvalue weighted by molar-refractivity contribution is -0.167. The van der Waals surface area contributed by atoms with Gasteiger partial charge in [-0.25, -0.2) is 0 Å². The Kier molecular flexibility index (Phi) is 66.6. The van der Waals surface area contributed by atoms with Crippen LogP contribution in [0.4, 0.5) is 0 Å². The number of esters is 3. The van der Waals surface area contributed by atoms with Gasteiger partial charge in [0.05, 0.1) is 0 Å². The summed E-state index contributed by atoms with van der Waals surface area (Å²) in [4.78, 5) is 38.3. The van der Waals surface area contributed by atoms with Crippen LogP contribution in [0, 0.1) is 0 Å². The van der Waals surface area contributed by atoms with Gasteiger partial charge in [0.15, 0.2) is 6.10 Å². The molecule has 0 heterocycles. The molecule has 1 unspecified atom stereocenters. The van der Waals surface area contributed by atoms with Gasteiger partial charge in [0, 0.05) is 19.3 Å². The van der Waals surface area contributed by atoms with E-state index in [0.717, 1.165) is 70.6 Å². The van der Waals surface area contributed by atoms with Crippen LogP contribution in [-0.4, -0.2) is 37.2 Å². The summed E-state index contributed by atoms with van der Waals surface area (Å²) in [5.74, 6) is -0.852. The van der Waals surface area contributed by atoms with E-state index in [0.29, 0.717) is 19.3 Å². The molecule has 0 aliphatic rings. The monoisotopic (exact) mass is 1110 g/mol. The van der Waals surface area contributed by atoms with E-state index >= 15 is 0 Å². The van der Waals surface area contributed by atoms with Crippen molar-refractivity contribution in [3.05, 3.63) is 24.3 Å². The van der Waals surface area contributed by atoms with Crippen molar-refractivity contribution >= 4 is 17.9 Å². The second kappa shape index (κ2) is 68.4. The second-order valence-electron chi connectivity index (χ2n) is 24.5. The van der Waals surface area contributed by atoms with Crippen LogP contribution >= 0.6 is 0 Å². The van der Waals surface area contributed by atoms with Crippen molar-refractivity contribution < 1.29 is 28.6 Å². The Hall–Kier alpha value is -2.11. The lowest BCUT2D eigenvalue weighted by Crippen LogP contribution is -2.30. The maximum Gasteiger partial charge on any atom is 0.306 e. The molecule has 0 saturated carbocycles. The van der Waals surface area contributed by atoms with Gasteiger partial charge in [-0.2, -0.15) is 0 Å². The van der Waals surface area contributed by atoms with E-state index in [9.17, 15) is 14.4 Å². The average Bonchev–Trinajstić information content (AvgIpc) is 3.45. The first-order valence-electron chi connectivity index (χ1n) is 35.8. The van der Waals surface area contributed by atoms with Crippen molar-refractivity contribution in [2.75, 3.05) is 13.2 Å². The Morgan fingerprint density at radius 3 is 0.684 bits per heavy atom. The molecule has 0 aromatic heterocycles. The van der Waals surface area contributed by atoms with Crippen LogP contribution in [0.15, 0.2) is 24.3 Å². The van der Waals surface area contributed by atoms with Crippen LogP contribution in [0.3, 0.4) is 0 Å². The van der Waals surface area contributed by atoms with Crippen LogP contribution < -0.4 is 0 Å². The minimum atomic E-state index is -0.772. The Morgan fingerprint density at radius 1 is 0.241 bits per heavy atom. The van der Waals surface area contributed by atoms with Gasteiger partial charge < -0.3 is 14.2 Å². The summed E-state index contributed by atoms with van der Waals surface area (Å²) in [5.41, 5.74) is 0. The van der Waals surface area contributed by atoms with E-state index in [4.69, 9.17) is 14.2 Å². The summed E-state index contributed by atoms with van der Waals surface area (Å²) >= 11 is 0. The standard InChI is InChI=1S/C73H138O6/c1-4-7-10-13-16-19-22-24-26-28-30-32-34-35-36-37-38-40-41-43-45-47-49-51-54-57-60-63-66-72(75)78-69-70(68-77-71(74)65-62-59-56-53-21-18-15-12-9-6-3)79-73(76)67-64-61-58-55-52-50-48-46-44-42-39-33-31-29-27-25-23-20-17-14-11-8-5-2/h12,15,29,31,70H,4-11,13-14,16-28,30,32-69H2,1-3H3/b15-12-,31-29-. The molecule has 0 amide bonds. The third kappa shape index (κ3) is 66.6. The zero-order chi connectivity index (χ0) is 57.1. The summed E-state index contributed by atoms with van der Waals surface area (Å²) in [7, 11) is 0. The number of hydrogen-bond acceptors (Lipinski definition) is 6. The number of carbonyl (C=O) groups is 3. The van der Waals surface area contributed by atoms with Gasteiger partial charge in [0.2, 0.25) is 0 Å². The van der Waals surface area contributed by atoms with E-state index in [1.807, 2.05) is 0 Å². The summed E-state index contributed by atoms with van der Waals surface area (Å²) in [6, 6.07) is 0. The molecule has 0 aliphatic heterocycles. The first-order chi connectivity index (χ1) is 39.0. The Bertz CT molecular complexity index is 1270. The zero-order valence-corrected chi connectivity index (χ0v) is 53.7. The predicted molar refractivity (Wildman–Crippen MR) is 344 cm³/mol. The molecule has 0 spiro atoms. The quantitative estimate of drug-likeness (QED) is 0.0261. The van der Waals surface area contributed by atoms with E-state index in [1.54, 1.807) is 0 Å². The summed E-state index contributed by atoms with van der Waals surface area (Å²) in [6.07, 6.45) is 83.8. The molecule has 0 aliphatic carbocycles. The van der Waals surface area contributed by atoms with Gasteiger partial charge >= 0.3 is 17.9 Å². The minimum absolute atomic E-state index is 0.0689. The predicted octanol–water partition coefficient (Wildman–Crippen LogP) is 24.6. The zero-order valence-electron chi connectivity index (χ0n) is 53.7. The van der Waals surface area contributed by atoms with Crippen LogP contribution in [0.2, 0.25) is 0 Å². The van der Waals surface area contributed by atoms with E-state index in [-0.39, 0.29) is 31.1 Å². The summed E-state index contributed by atoms with van der Waals surface area (Å²) < 4.78 is 16.9. The van der Waals surface area contributed by atoms with E-state index < -0.39 is 6.10 Å². The molecule has 1 atom stereocenters. The van der Waals surface area contributed by atoms with E-state index in [2.05, 4.69) is 45.1 Å². The Balaban J connectivity index is 4.11. The highest BCUT2D eigenvalue weighted by molar-refractivity contribution is 5.71. The Labute approximate surface area is 493 Å². The SMILES string of the molecule is CCC/C=C\CCCCCCCC(=O)OCC(COC(=O)CCCCCCCCCCCCCCCCCCCCCCCCCCCCCC)OC(=O)CCCCCCCCCCCCC/C=C\CCCCCCCCCC. The van der Waals surface area contributed by atoms with Gasteiger partial charge in [-0.1, -0.05) is 347 Å². The van der Waals surface area contributed by atoms with Crippen molar-refractivity contribution in [2.24, 2.45) is 0 Å². The highest BCUT2D eigenvalue weighted by atomic mass is 16.6. The number of carbonyl (C=O) groups excluding carboxylic acids is 3. The highest BCUT2D eigenvalue weighted by Crippen LogP contribution is 2.19. The van der Waals surface area contributed by atoms with Gasteiger partial charge in [0.25, 0.3) is 0 Å². The fourth-order valence-electron chi connectivity index (χ4n) is 11.0. The highest BCUT2D eigenvalue weighted by Gasteiger charge is 2.19. The molecule has 0 bridgehead atoms. The molecule has 0 radical (unpaired) electrons. The lowest BCUT2D eigenvalue weighted by atomic mass is 10.0. The number of unbranched alkanes of at least 4 members (excludes halogenated alkanes) is 52. The van der Waals surface area contributed by atoms with Gasteiger partial charge in [0.1, 0.15) is 13.2 Å². The van der Waals surface area contributed by atoms with Crippen LogP contribution in [0.5, 0.6) is 0 Å². The third-order valence-electron chi connectivity index (χ3n) is 16.4. The van der Waals surface area contributed by atoms with E-state index in [1.165, 1.54) is 295 Å². The van der Waals surface area contributed by atoms with Crippen LogP contribution in [0.1, 0.15) is 406 Å². The summed E-state index contributed by atoms with van der Waals surface area (Å²) in [5, 5.41) is 0. The fourth-order valence-corrected chi connectivity index (χ4v) is 11.0. The molecule has 466 valence electrons. The molecular weight excluding hydrogens is 973 g/mol. The van der Waals surface area contributed by atoms with Crippen molar-refractivity contribution in [2.45, 2.75) is 412 Å². The van der Waals surface area contributed by atoms with Crippen molar-refractivity contribution in [1.29, 1.82) is 0 Å². The second-order valence-corrected chi connectivity index (χ2v) is 24.5. The van der Waals surface area contributed by atoms with Crippen molar-refractivity contribution in [3.8, 4) is 0 Å². The molecule has 0 saturated heterocycles. The fraction of sp³-hybridized carbons (Fsp3) is 0.904. The maximum atomic E-state index is 12.9. The Morgan fingerprint density at radius 2 is 0.443 bits per heavy atom. The number of rotatable bonds is 67. The lowest BCUT2D eigenvalue weighted by Gasteiger charge is -2.18. The molecule has 0 aromatic rings. The molecule has 79 heavy (non-hydrogen) atoms. The molecule has 0 N–H and O–H groups in total. The van der Waals surface area contributed by atoms with Crippen molar-refractivity contribution in [3.63, 3.8) is 0 Å². The molecule has 6 nitrogen and oxygen atoms in total. The smallest absolute Gasteiger partial charge is 0.306 e. The molecule has 0 aromatic carbocycles. The summed E-state index contributed by atoms with van der Waals surface area (Å²) in [6.45, 7) is 6.65. The number of hydrogen-bond donors (Lipinski definition) is 0. The first kappa shape index (κ1) is 76.9. The van der Waals surface area contributed by atoms with Crippen molar-refractivity contribution in [1.82, 2.24) is 0 Å². The molecule has 0 fully saturated rings. The minimum Gasteiger partial charge on any atom is -0.462 e. The molecule has 0 rings (SSSR count). The van der Waals surface area contributed by atoms with Gasteiger partial charge in [-0.05, 0) is 64.2 Å². The van der Waals surface area contributed by atoms with Crippen LogP contribution in [-0.2, 0) is 28.6 Å². The normalized spacial score (nSPS) is 12.1.